The minimum Gasteiger partial charge on any atom is -0.224 e. The minimum atomic E-state index is -4.53. The average Bonchev–Trinajstić information content (AvgIpc) is 3.15. The Labute approximate surface area is 139 Å². The lowest BCUT2D eigenvalue weighted by Crippen LogP contribution is -2.13. The number of benzene rings is 1. The highest BCUT2D eigenvalue weighted by Gasteiger charge is 2.35. The molecule has 5 nitrogen and oxygen atoms in total. The van der Waals surface area contributed by atoms with Crippen LogP contribution in [0.4, 0.5) is 13.2 Å². The minimum absolute atomic E-state index is 0.0783. The standard InChI is InChI=1S/C14H10F3N3O2S2/c1-24(21,22)10-4-2-9(3-5-10)11-8-23-13(19-11)20-12(6-7-18-20)14(15,16)17/h2-8H,1H3. The van der Waals surface area contributed by atoms with E-state index in [2.05, 4.69) is 10.1 Å². The van der Waals surface area contributed by atoms with Crippen LogP contribution in [-0.4, -0.2) is 29.4 Å². The highest BCUT2D eigenvalue weighted by Crippen LogP contribution is 2.32. The van der Waals surface area contributed by atoms with E-state index in [1.165, 1.54) is 12.1 Å². The smallest absolute Gasteiger partial charge is 0.224 e. The number of nitrogens with zero attached hydrogens (tertiary/aromatic N) is 3. The van der Waals surface area contributed by atoms with Crippen molar-refractivity contribution in [1.29, 1.82) is 0 Å². The van der Waals surface area contributed by atoms with Gasteiger partial charge < -0.3 is 0 Å². The van der Waals surface area contributed by atoms with Gasteiger partial charge in [0.15, 0.2) is 15.5 Å². The maximum atomic E-state index is 12.9. The van der Waals surface area contributed by atoms with Gasteiger partial charge >= 0.3 is 6.18 Å². The summed E-state index contributed by atoms with van der Waals surface area (Å²) in [5, 5.41) is 5.34. The molecule has 0 amide bonds. The van der Waals surface area contributed by atoms with E-state index >= 15 is 0 Å². The molecule has 10 heteroatoms. The molecule has 0 spiro atoms. The first kappa shape index (κ1) is 16.7. The van der Waals surface area contributed by atoms with Crippen LogP contribution < -0.4 is 0 Å². The van der Waals surface area contributed by atoms with Gasteiger partial charge in [0, 0.05) is 17.2 Å². The molecule has 0 saturated carbocycles. The number of sulfone groups is 1. The third-order valence-electron chi connectivity index (χ3n) is 3.18. The zero-order chi connectivity index (χ0) is 17.5. The van der Waals surface area contributed by atoms with Crippen LogP contribution in [0.3, 0.4) is 0 Å². The van der Waals surface area contributed by atoms with Crippen molar-refractivity contribution in [3.05, 3.63) is 47.6 Å². The third-order valence-corrected chi connectivity index (χ3v) is 5.13. The quantitative estimate of drug-likeness (QED) is 0.706. The van der Waals surface area contributed by atoms with Crippen LogP contribution in [0.2, 0.25) is 0 Å². The largest absolute Gasteiger partial charge is 0.433 e. The van der Waals surface area contributed by atoms with Crippen molar-refractivity contribution in [2.24, 2.45) is 0 Å². The Hall–Kier alpha value is -2.20. The van der Waals surface area contributed by atoms with E-state index in [0.29, 0.717) is 11.3 Å². The van der Waals surface area contributed by atoms with E-state index in [4.69, 9.17) is 0 Å². The van der Waals surface area contributed by atoms with E-state index in [9.17, 15) is 21.6 Å². The summed E-state index contributed by atoms with van der Waals surface area (Å²) in [4.78, 5) is 4.32. The lowest BCUT2D eigenvalue weighted by Gasteiger charge is -2.07. The highest BCUT2D eigenvalue weighted by molar-refractivity contribution is 7.90. The van der Waals surface area contributed by atoms with Gasteiger partial charge in [-0.25, -0.2) is 18.1 Å². The predicted octanol–water partition coefficient (Wildman–Crippen LogP) is 3.42. The number of halogens is 3. The molecule has 0 unspecified atom stereocenters. The second kappa shape index (κ2) is 5.71. The normalized spacial score (nSPS) is 12.5. The molecule has 0 aliphatic heterocycles. The summed E-state index contributed by atoms with van der Waals surface area (Å²) in [5.41, 5.74) is 0.139. The van der Waals surface area contributed by atoms with Crippen LogP contribution in [0, 0.1) is 0 Å². The van der Waals surface area contributed by atoms with Gasteiger partial charge in [0.2, 0.25) is 5.13 Å². The Balaban J connectivity index is 1.96. The summed E-state index contributed by atoms with van der Waals surface area (Å²) < 4.78 is 62.4. The summed E-state index contributed by atoms with van der Waals surface area (Å²) in [7, 11) is -3.31. The summed E-state index contributed by atoms with van der Waals surface area (Å²) >= 11 is 1.01. The Morgan fingerprint density at radius 3 is 2.38 bits per heavy atom. The fourth-order valence-electron chi connectivity index (χ4n) is 2.04. The van der Waals surface area contributed by atoms with E-state index in [1.807, 2.05) is 0 Å². The maximum absolute atomic E-state index is 12.9. The monoisotopic (exact) mass is 373 g/mol. The van der Waals surface area contributed by atoms with Crippen LogP contribution in [0.15, 0.2) is 46.8 Å². The van der Waals surface area contributed by atoms with Crippen molar-refractivity contribution in [3.8, 4) is 16.4 Å². The Bertz CT molecular complexity index is 973. The molecule has 24 heavy (non-hydrogen) atoms. The van der Waals surface area contributed by atoms with Gasteiger partial charge in [-0.3, -0.25) is 0 Å². The first-order valence-corrected chi connectivity index (χ1v) is 9.31. The average molecular weight is 373 g/mol. The Morgan fingerprint density at radius 2 is 1.79 bits per heavy atom. The molecule has 0 radical (unpaired) electrons. The Morgan fingerprint density at radius 1 is 1.12 bits per heavy atom. The van der Waals surface area contributed by atoms with Crippen molar-refractivity contribution in [3.63, 3.8) is 0 Å². The van der Waals surface area contributed by atoms with Crippen LogP contribution in [0.25, 0.3) is 16.4 Å². The molecule has 0 fully saturated rings. The van der Waals surface area contributed by atoms with E-state index in [0.717, 1.165) is 34.5 Å². The zero-order valence-corrected chi connectivity index (χ0v) is 13.8. The van der Waals surface area contributed by atoms with Crippen LogP contribution in [-0.2, 0) is 16.0 Å². The number of hydrogen-bond acceptors (Lipinski definition) is 5. The molecule has 0 aliphatic carbocycles. The van der Waals surface area contributed by atoms with Gasteiger partial charge in [0.25, 0.3) is 0 Å². The van der Waals surface area contributed by atoms with Crippen LogP contribution >= 0.6 is 11.3 Å². The van der Waals surface area contributed by atoms with E-state index in [-0.39, 0.29) is 10.0 Å². The molecule has 0 N–H and O–H groups in total. The maximum Gasteiger partial charge on any atom is 0.433 e. The molecule has 1 aromatic carbocycles. The SMILES string of the molecule is CS(=O)(=O)c1ccc(-c2csc(-n3nccc3C(F)(F)F)n2)cc1. The van der Waals surface area contributed by atoms with Crippen LogP contribution in [0.1, 0.15) is 5.69 Å². The fraction of sp³-hybridized carbons (Fsp3) is 0.143. The second-order valence-electron chi connectivity index (χ2n) is 4.94. The van der Waals surface area contributed by atoms with Gasteiger partial charge in [0.1, 0.15) is 0 Å². The molecule has 0 aliphatic rings. The zero-order valence-electron chi connectivity index (χ0n) is 12.1. The molecule has 3 aromatic rings. The molecular formula is C14H10F3N3O2S2. The fourth-order valence-corrected chi connectivity index (χ4v) is 3.47. The Kier molecular flexibility index (Phi) is 3.96. The molecule has 0 bridgehead atoms. The van der Waals surface area contributed by atoms with Crippen molar-refractivity contribution in [2.45, 2.75) is 11.1 Å². The van der Waals surface area contributed by atoms with Gasteiger partial charge in [-0.15, -0.1) is 11.3 Å². The third kappa shape index (κ3) is 3.20. The van der Waals surface area contributed by atoms with E-state index < -0.39 is 21.7 Å². The first-order valence-electron chi connectivity index (χ1n) is 6.54. The number of thiazole rings is 1. The number of alkyl halides is 3. The number of rotatable bonds is 3. The molecule has 0 atom stereocenters. The van der Waals surface area contributed by atoms with E-state index in [1.54, 1.807) is 17.5 Å². The highest BCUT2D eigenvalue weighted by atomic mass is 32.2. The van der Waals surface area contributed by atoms with Crippen molar-refractivity contribution < 1.29 is 21.6 Å². The predicted molar refractivity (Wildman–Crippen MR) is 82.8 cm³/mol. The van der Waals surface area contributed by atoms with Crippen LogP contribution in [0.5, 0.6) is 0 Å². The molecule has 3 rings (SSSR count). The lowest BCUT2D eigenvalue weighted by molar-refractivity contribution is -0.142. The summed E-state index contributed by atoms with van der Waals surface area (Å²) in [6, 6.07) is 6.85. The lowest BCUT2D eigenvalue weighted by atomic mass is 10.2. The number of aromatic nitrogens is 3. The van der Waals surface area contributed by atoms with Crippen molar-refractivity contribution in [2.75, 3.05) is 6.26 Å². The van der Waals surface area contributed by atoms with Gasteiger partial charge in [-0.2, -0.15) is 18.3 Å². The van der Waals surface area contributed by atoms with Crippen molar-refractivity contribution in [1.82, 2.24) is 14.8 Å². The van der Waals surface area contributed by atoms with Gasteiger partial charge in [-0.1, -0.05) is 12.1 Å². The first-order chi connectivity index (χ1) is 11.2. The summed E-state index contributed by atoms with van der Waals surface area (Å²) in [6.07, 6.45) is -2.37. The summed E-state index contributed by atoms with van der Waals surface area (Å²) in [6.45, 7) is 0. The molecule has 2 heterocycles. The topological polar surface area (TPSA) is 64.8 Å². The van der Waals surface area contributed by atoms with Gasteiger partial charge in [-0.05, 0) is 18.2 Å². The van der Waals surface area contributed by atoms with Crippen molar-refractivity contribution >= 4 is 21.2 Å². The molecule has 0 saturated heterocycles. The molecule has 2 aromatic heterocycles. The summed E-state index contributed by atoms with van der Waals surface area (Å²) in [5.74, 6) is 0. The molecule has 126 valence electrons. The number of hydrogen-bond donors (Lipinski definition) is 0. The molecular weight excluding hydrogens is 363 g/mol. The van der Waals surface area contributed by atoms with Gasteiger partial charge in [0.05, 0.1) is 16.8 Å². The second-order valence-corrected chi connectivity index (χ2v) is 7.79.